The van der Waals surface area contributed by atoms with Crippen LogP contribution in [-0.4, -0.2) is 63.4 Å². The maximum absolute atomic E-state index is 11.4. The van der Waals surface area contributed by atoms with Gasteiger partial charge in [-0.05, 0) is 65.7 Å². The minimum Gasteiger partial charge on any atom is -0.478 e. The number of hydrogen-bond donors (Lipinski definition) is 2. The van der Waals surface area contributed by atoms with E-state index < -0.39 is 11.9 Å². The van der Waals surface area contributed by atoms with Gasteiger partial charge >= 0.3 is 11.9 Å². The highest BCUT2D eigenvalue weighted by Crippen LogP contribution is 2.24. The predicted molar refractivity (Wildman–Crippen MR) is 177 cm³/mol. The number of azo groups is 2. The summed E-state index contributed by atoms with van der Waals surface area (Å²) in [7, 11) is 0. The van der Waals surface area contributed by atoms with Gasteiger partial charge in [0.1, 0.15) is 11.6 Å². The van der Waals surface area contributed by atoms with Crippen LogP contribution in [0.2, 0.25) is 0 Å². The normalized spacial score (nSPS) is 13.3. The Morgan fingerprint density at radius 3 is 1.54 bits per heavy atom. The molecule has 0 saturated carbocycles. The molecule has 0 radical (unpaired) electrons. The van der Waals surface area contributed by atoms with Crippen LogP contribution in [0.3, 0.4) is 0 Å². The number of nitrogens with zero attached hydrogens (tertiary/aromatic N) is 8. The van der Waals surface area contributed by atoms with Crippen LogP contribution < -0.4 is 4.90 Å². The molecule has 5 aromatic rings. The Kier molecular flexibility index (Phi) is 9.87. The van der Waals surface area contributed by atoms with E-state index in [0.717, 1.165) is 28.6 Å². The zero-order valence-electron chi connectivity index (χ0n) is 25.7. The zero-order valence-corrected chi connectivity index (χ0v) is 25.7. The number of carboxylic acids is 2. The molecule has 13 heteroatoms. The number of aromatic nitrogens is 3. The maximum Gasteiger partial charge on any atom is 0.335 e. The summed E-state index contributed by atoms with van der Waals surface area (Å²) in [6, 6.07) is 28.3. The summed E-state index contributed by atoms with van der Waals surface area (Å²) < 4.78 is 5.53. The second-order valence-corrected chi connectivity index (χ2v) is 10.9. The molecule has 48 heavy (non-hydrogen) atoms. The number of aromatic carboxylic acids is 2. The summed E-state index contributed by atoms with van der Waals surface area (Å²) in [6.45, 7) is 2.58. The van der Waals surface area contributed by atoms with Crippen LogP contribution >= 0.6 is 0 Å². The van der Waals surface area contributed by atoms with Crippen molar-refractivity contribution in [3.05, 3.63) is 131 Å². The lowest BCUT2D eigenvalue weighted by Gasteiger charge is -2.27. The topological polar surface area (TPSA) is 175 Å². The van der Waals surface area contributed by atoms with E-state index in [0.29, 0.717) is 62.4 Å². The molecule has 6 rings (SSSR count). The van der Waals surface area contributed by atoms with Crippen molar-refractivity contribution in [2.24, 2.45) is 20.5 Å². The number of benzene rings is 4. The summed E-state index contributed by atoms with van der Waals surface area (Å²) in [5.74, 6) is -0.624. The first kappa shape index (κ1) is 31.8. The second kappa shape index (κ2) is 14.9. The van der Waals surface area contributed by atoms with Gasteiger partial charge in [-0.2, -0.15) is 30.4 Å². The Bertz CT molecular complexity index is 1930. The third-order valence-corrected chi connectivity index (χ3v) is 7.34. The molecule has 2 heterocycles. The highest BCUT2D eigenvalue weighted by atomic mass is 16.5. The molecule has 0 amide bonds. The van der Waals surface area contributed by atoms with Crippen LogP contribution in [0.15, 0.2) is 118 Å². The van der Waals surface area contributed by atoms with Gasteiger partial charge < -0.3 is 19.8 Å². The number of ether oxygens (including phenoxy) is 1. The van der Waals surface area contributed by atoms with Crippen molar-refractivity contribution >= 4 is 40.6 Å². The SMILES string of the molecule is O=C(O)c1cc(N=Nc2ccc(Cc3nc(Cc4ccc(N=Nc5ccccc5)cc4)nc(N4CCOCC4)n3)cc2)cc(C(=O)O)c1. The highest BCUT2D eigenvalue weighted by molar-refractivity contribution is 5.95. The van der Waals surface area contributed by atoms with Crippen molar-refractivity contribution < 1.29 is 24.5 Å². The van der Waals surface area contributed by atoms with Gasteiger partial charge in [-0.1, -0.05) is 42.5 Å². The van der Waals surface area contributed by atoms with E-state index in [1.165, 1.54) is 12.1 Å². The molecule has 1 aliphatic rings. The van der Waals surface area contributed by atoms with Crippen molar-refractivity contribution in [1.82, 2.24) is 15.0 Å². The Morgan fingerprint density at radius 2 is 1.06 bits per heavy atom. The first-order valence-corrected chi connectivity index (χ1v) is 15.1. The minimum absolute atomic E-state index is 0.121. The molecule has 0 bridgehead atoms. The van der Waals surface area contributed by atoms with E-state index in [1.807, 2.05) is 66.7 Å². The van der Waals surface area contributed by atoms with Crippen molar-refractivity contribution in [1.29, 1.82) is 0 Å². The first-order valence-electron chi connectivity index (χ1n) is 15.1. The van der Waals surface area contributed by atoms with Crippen LogP contribution in [0.4, 0.5) is 28.7 Å². The summed E-state index contributed by atoms with van der Waals surface area (Å²) in [5.41, 5.74) is 3.75. The molecular formula is C35H30N8O5. The van der Waals surface area contributed by atoms with Crippen molar-refractivity contribution in [3.8, 4) is 0 Å². The van der Waals surface area contributed by atoms with E-state index in [1.54, 1.807) is 12.1 Å². The van der Waals surface area contributed by atoms with Gasteiger partial charge in [-0.25, -0.2) is 14.6 Å². The standard InChI is InChI=1S/C35H30N8O5/c44-33(45)25-20-26(34(46)47)22-30(21-25)42-41-29-12-8-24(9-13-29)19-32-36-31(37-35(38-32)43-14-16-48-17-15-43)18-23-6-10-28(11-7-23)40-39-27-4-2-1-3-5-27/h1-13,20-22H,14-19H2,(H,44,45)(H,46,47). The fraction of sp³-hybridized carbons (Fsp3) is 0.171. The van der Waals surface area contributed by atoms with Crippen LogP contribution in [0, 0.1) is 0 Å². The fourth-order valence-electron chi connectivity index (χ4n) is 4.89. The largest absolute Gasteiger partial charge is 0.478 e. The molecule has 0 aliphatic carbocycles. The number of morpholine rings is 1. The molecule has 1 fully saturated rings. The van der Waals surface area contributed by atoms with Gasteiger partial charge in [0.15, 0.2) is 0 Å². The molecule has 1 saturated heterocycles. The van der Waals surface area contributed by atoms with Crippen molar-refractivity contribution in [3.63, 3.8) is 0 Å². The van der Waals surface area contributed by atoms with Crippen LogP contribution in [-0.2, 0) is 17.6 Å². The van der Waals surface area contributed by atoms with E-state index in [2.05, 4.69) is 25.4 Å². The Morgan fingerprint density at radius 1 is 0.604 bits per heavy atom. The van der Waals surface area contributed by atoms with E-state index >= 15 is 0 Å². The van der Waals surface area contributed by atoms with Gasteiger partial charge in [0, 0.05) is 25.9 Å². The minimum atomic E-state index is -1.25. The first-order chi connectivity index (χ1) is 23.4. The third-order valence-electron chi connectivity index (χ3n) is 7.34. The maximum atomic E-state index is 11.4. The number of anilines is 1. The molecule has 1 aliphatic heterocycles. The zero-order chi connectivity index (χ0) is 33.3. The Balaban J connectivity index is 1.18. The van der Waals surface area contributed by atoms with Gasteiger partial charge in [0.2, 0.25) is 5.95 Å². The molecule has 0 spiro atoms. The van der Waals surface area contributed by atoms with E-state index in [4.69, 9.17) is 19.7 Å². The molecule has 2 N–H and O–H groups in total. The number of rotatable bonds is 11. The molecule has 240 valence electrons. The summed E-state index contributed by atoms with van der Waals surface area (Å²) in [4.78, 5) is 39.3. The average molecular weight is 643 g/mol. The monoisotopic (exact) mass is 642 g/mol. The average Bonchev–Trinajstić information content (AvgIpc) is 3.11. The predicted octanol–water partition coefficient (Wildman–Crippen LogP) is 7.12. The molecule has 0 unspecified atom stereocenters. The molecule has 0 atom stereocenters. The molecular weight excluding hydrogens is 612 g/mol. The Hall–Kier alpha value is -6.21. The molecule has 1 aromatic heterocycles. The Labute approximate surface area is 275 Å². The number of carboxylic acid groups (broad SMARTS) is 2. The van der Waals surface area contributed by atoms with Crippen LogP contribution in [0.25, 0.3) is 0 Å². The second-order valence-electron chi connectivity index (χ2n) is 10.9. The van der Waals surface area contributed by atoms with Crippen molar-refractivity contribution in [2.75, 3.05) is 31.2 Å². The highest BCUT2D eigenvalue weighted by Gasteiger charge is 2.17. The van der Waals surface area contributed by atoms with Gasteiger partial charge in [0.25, 0.3) is 0 Å². The van der Waals surface area contributed by atoms with Gasteiger partial charge in [0.05, 0.1) is 47.1 Å². The molecule has 13 nitrogen and oxygen atoms in total. The van der Waals surface area contributed by atoms with Crippen molar-refractivity contribution in [2.45, 2.75) is 12.8 Å². The summed E-state index contributed by atoms with van der Waals surface area (Å²) >= 11 is 0. The quantitative estimate of drug-likeness (QED) is 0.142. The lowest BCUT2D eigenvalue weighted by molar-refractivity contribution is 0.0696. The lowest BCUT2D eigenvalue weighted by Crippen LogP contribution is -2.37. The lowest BCUT2D eigenvalue weighted by atomic mass is 10.1. The number of hydrogen-bond acceptors (Lipinski definition) is 11. The van der Waals surface area contributed by atoms with E-state index in [-0.39, 0.29) is 16.8 Å². The van der Waals surface area contributed by atoms with Crippen LogP contribution in [0.5, 0.6) is 0 Å². The van der Waals surface area contributed by atoms with Crippen LogP contribution in [0.1, 0.15) is 43.5 Å². The summed E-state index contributed by atoms with van der Waals surface area (Å²) in [5, 5.41) is 35.4. The van der Waals surface area contributed by atoms with Gasteiger partial charge in [-0.15, -0.1) is 0 Å². The fourth-order valence-corrected chi connectivity index (χ4v) is 4.89. The molecule has 4 aromatic carbocycles. The number of carbonyl (C=O) groups is 2. The third kappa shape index (κ3) is 8.53. The smallest absolute Gasteiger partial charge is 0.335 e. The summed E-state index contributed by atoms with van der Waals surface area (Å²) in [6.07, 6.45) is 0.959. The van der Waals surface area contributed by atoms with Gasteiger partial charge in [-0.3, -0.25) is 0 Å². The van der Waals surface area contributed by atoms with E-state index in [9.17, 15) is 19.8 Å².